The lowest BCUT2D eigenvalue weighted by Crippen LogP contribution is -2.45. The summed E-state index contributed by atoms with van der Waals surface area (Å²) in [4.78, 5) is 22.2. The highest BCUT2D eigenvalue weighted by Crippen LogP contribution is 2.21. The maximum atomic E-state index is 11.8. The van der Waals surface area contributed by atoms with Gasteiger partial charge in [-0.05, 0) is 32.8 Å². The van der Waals surface area contributed by atoms with Gasteiger partial charge < -0.3 is 10.6 Å². The van der Waals surface area contributed by atoms with Gasteiger partial charge in [0.2, 0.25) is 5.91 Å². The van der Waals surface area contributed by atoms with Crippen LogP contribution in [0.3, 0.4) is 0 Å². The molecule has 0 saturated carbocycles. The molecule has 1 rings (SSSR count). The number of nitro benzene ring substituents is 1. The number of nitrogens with zero attached hydrogens (tertiary/aromatic N) is 1. The molecular weight excluding hydrogens is 270 g/mol. The molecule has 116 valence electrons. The third kappa shape index (κ3) is 5.91. The normalized spacial score (nSPS) is 12.8. The predicted octanol–water partition coefficient (Wildman–Crippen LogP) is 2.55. The molecule has 1 aromatic carbocycles. The molecule has 0 heterocycles. The molecule has 1 atom stereocenters. The maximum Gasteiger partial charge on any atom is 0.269 e. The molecule has 1 aromatic rings. The van der Waals surface area contributed by atoms with Gasteiger partial charge in [0, 0.05) is 23.7 Å². The SMILES string of the molecule is CCC(NCC(=O)NC(C)(C)C)c1cccc([N+](=O)[O-])c1. The monoisotopic (exact) mass is 293 g/mol. The minimum absolute atomic E-state index is 0.0619. The van der Waals surface area contributed by atoms with Crippen LogP contribution in [-0.2, 0) is 4.79 Å². The van der Waals surface area contributed by atoms with E-state index in [1.165, 1.54) is 6.07 Å². The number of non-ortho nitro benzene ring substituents is 1. The lowest BCUT2D eigenvalue weighted by molar-refractivity contribution is -0.384. The Morgan fingerprint density at radius 1 is 1.38 bits per heavy atom. The van der Waals surface area contributed by atoms with E-state index in [0.717, 1.165) is 12.0 Å². The van der Waals surface area contributed by atoms with Crippen LogP contribution < -0.4 is 10.6 Å². The molecule has 1 unspecified atom stereocenters. The summed E-state index contributed by atoms with van der Waals surface area (Å²) < 4.78 is 0. The zero-order valence-corrected chi connectivity index (χ0v) is 13.0. The smallest absolute Gasteiger partial charge is 0.269 e. The van der Waals surface area contributed by atoms with E-state index in [0.29, 0.717) is 0 Å². The second kappa shape index (κ2) is 7.17. The second-order valence-corrected chi connectivity index (χ2v) is 5.99. The van der Waals surface area contributed by atoms with Gasteiger partial charge in [0.25, 0.3) is 5.69 Å². The molecule has 6 nitrogen and oxygen atoms in total. The Kier molecular flexibility index (Phi) is 5.84. The minimum Gasteiger partial charge on any atom is -0.350 e. The number of carbonyl (C=O) groups is 1. The number of carbonyl (C=O) groups excluding carboxylic acids is 1. The standard InChI is InChI=1S/C15H23N3O3/c1-5-13(16-10-14(19)17-15(2,3)4)11-7-6-8-12(9-11)18(20)21/h6-9,13,16H,5,10H2,1-4H3,(H,17,19). The Labute approximate surface area is 125 Å². The van der Waals surface area contributed by atoms with Crippen LogP contribution in [0.25, 0.3) is 0 Å². The summed E-state index contributed by atoms with van der Waals surface area (Å²) in [7, 11) is 0. The van der Waals surface area contributed by atoms with Crippen LogP contribution in [0.1, 0.15) is 45.7 Å². The Hall–Kier alpha value is -1.95. The van der Waals surface area contributed by atoms with E-state index < -0.39 is 4.92 Å². The third-order valence-corrected chi connectivity index (χ3v) is 2.92. The molecule has 21 heavy (non-hydrogen) atoms. The van der Waals surface area contributed by atoms with Crippen LogP contribution >= 0.6 is 0 Å². The Morgan fingerprint density at radius 3 is 2.57 bits per heavy atom. The van der Waals surface area contributed by atoms with Gasteiger partial charge in [-0.15, -0.1) is 0 Å². The van der Waals surface area contributed by atoms with Crippen molar-refractivity contribution in [3.05, 3.63) is 39.9 Å². The molecule has 0 saturated heterocycles. The van der Waals surface area contributed by atoms with Crippen molar-refractivity contribution in [1.29, 1.82) is 0 Å². The van der Waals surface area contributed by atoms with E-state index in [9.17, 15) is 14.9 Å². The number of amides is 1. The van der Waals surface area contributed by atoms with Crippen molar-refractivity contribution in [2.75, 3.05) is 6.54 Å². The fraction of sp³-hybridized carbons (Fsp3) is 0.533. The summed E-state index contributed by atoms with van der Waals surface area (Å²) in [5, 5.41) is 16.8. The van der Waals surface area contributed by atoms with E-state index in [1.807, 2.05) is 33.8 Å². The number of nitro groups is 1. The number of hydrogen-bond donors (Lipinski definition) is 2. The van der Waals surface area contributed by atoms with Crippen LogP contribution in [0.15, 0.2) is 24.3 Å². The maximum absolute atomic E-state index is 11.8. The molecule has 1 amide bonds. The first-order valence-electron chi connectivity index (χ1n) is 7.01. The first-order chi connectivity index (χ1) is 9.73. The van der Waals surface area contributed by atoms with Gasteiger partial charge in [-0.3, -0.25) is 14.9 Å². The third-order valence-electron chi connectivity index (χ3n) is 2.92. The van der Waals surface area contributed by atoms with E-state index in [1.54, 1.807) is 12.1 Å². The molecular formula is C15H23N3O3. The largest absolute Gasteiger partial charge is 0.350 e. The lowest BCUT2D eigenvalue weighted by atomic mass is 10.0. The molecule has 2 N–H and O–H groups in total. The minimum atomic E-state index is -0.414. The van der Waals surface area contributed by atoms with E-state index in [-0.39, 0.29) is 29.7 Å². The van der Waals surface area contributed by atoms with Gasteiger partial charge in [0.05, 0.1) is 11.5 Å². The van der Waals surface area contributed by atoms with Crippen molar-refractivity contribution in [2.24, 2.45) is 0 Å². The molecule has 0 aliphatic heterocycles. The van der Waals surface area contributed by atoms with Gasteiger partial charge in [-0.1, -0.05) is 19.1 Å². The number of nitrogens with one attached hydrogen (secondary N) is 2. The first kappa shape index (κ1) is 17.1. The van der Waals surface area contributed by atoms with Gasteiger partial charge in [-0.25, -0.2) is 0 Å². The summed E-state index contributed by atoms with van der Waals surface area (Å²) >= 11 is 0. The van der Waals surface area contributed by atoms with Crippen molar-refractivity contribution < 1.29 is 9.72 Å². The average Bonchev–Trinajstić information content (AvgIpc) is 2.37. The van der Waals surface area contributed by atoms with Crippen molar-refractivity contribution in [1.82, 2.24) is 10.6 Å². The summed E-state index contributed by atoms with van der Waals surface area (Å²) in [6.45, 7) is 7.91. The zero-order valence-electron chi connectivity index (χ0n) is 13.0. The van der Waals surface area contributed by atoms with Gasteiger partial charge in [0.1, 0.15) is 0 Å². The topological polar surface area (TPSA) is 84.3 Å². The van der Waals surface area contributed by atoms with E-state index in [2.05, 4.69) is 10.6 Å². The van der Waals surface area contributed by atoms with Crippen LogP contribution in [-0.4, -0.2) is 22.9 Å². The molecule has 0 spiro atoms. The van der Waals surface area contributed by atoms with Crippen LogP contribution in [0.5, 0.6) is 0 Å². The molecule has 0 radical (unpaired) electrons. The van der Waals surface area contributed by atoms with Crippen LogP contribution in [0.4, 0.5) is 5.69 Å². The number of hydrogen-bond acceptors (Lipinski definition) is 4. The molecule has 0 fully saturated rings. The second-order valence-electron chi connectivity index (χ2n) is 5.99. The predicted molar refractivity (Wildman–Crippen MR) is 82.0 cm³/mol. The van der Waals surface area contributed by atoms with Gasteiger partial charge in [-0.2, -0.15) is 0 Å². The summed E-state index contributed by atoms with van der Waals surface area (Å²) in [6, 6.07) is 6.41. The van der Waals surface area contributed by atoms with Crippen molar-refractivity contribution in [3.8, 4) is 0 Å². The molecule has 0 aromatic heterocycles. The van der Waals surface area contributed by atoms with Gasteiger partial charge >= 0.3 is 0 Å². The van der Waals surface area contributed by atoms with Crippen LogP contribution in [0, 0.1) is 10.1 Å². The van der Waals surface area contributed by atoms with Crippen LogP contribution in [0.2, 0.25) is 0 Å². The summed E-state index contributed by atoms with van der Waals surface area (Å²) in [5.41, 5.74) is 0.605. The average molecular weight is 293 g/mol. The fourth-order valence-corrected chi connectivity index (χ4v) is 2.03. The molecule has 0 bridgehead atoms. The Bertz CT molecular complexity index is 509. The van der Waals surface area contributed by atoms with Crippen molar-refractivity contribution in [3.63, 3.8) is 0 Å². The highest BCUT2D eigenvalue weighted by Gasteiger charge is 2.17. The van der Waals surface area contributed by atoms with Crippen molar-refractivity contribution >= 4 is 11.6 Å². The lowest BCUT2D eigenvalue weighted by Gasteiger charge is -2.22. The first-order valence-corrected chi connectivity index (χ1v) is 7.01. The molecule has 0 aliphatic rings. The molecule has 0 aliphatic carbocycles. The molecule has 6 heteroatoms. The zero-order chi connectivity index (χ0) is 16.0. The summed E-state index contributed by atoms with van der Waals surface area (Å²) in [6.07, 6.45) is 0.740. The Balaban J connectivity index is 2.69. The summed E-state index contributed by atoms with van der Waals surface area (Å²) in [5.74, 6) is -0.0913. The fourth-order valence-electron chi connectivity index (χ4n) is 2.03. The quantitative estimate of drug-likeness (QED) is 0.623. The van der Waals surface area contributed by atoms with Crippen molar-refractivity contribution in [2.45, 2.75) is 45.7 Å². The van der Waals surface area contributed by atoms with E-state index in [4.69, 9.17) is 0 Å². The highest BCUT2D eigenvalue weighted by molar-refractivity contribution is 5.78. The number of benzene rings is 1. The van der Waals surface area contributed by atoms with E-state index >= 15 is 0 Å². The van der Waals surface area contributed by atoms with Gasteiger partial charge in [0.15, 0.2) is 0 Å². The highest BCUT2D eigenvalue weighted by atomic mass is 16.6. The number of rotatable bonds is 6. The Morgan fingerprint density at radius 2 is 2.05 bits per heavy atom.